The van der Waals surface area contributed by atoms with Crippen LogP contribution in [0.2, 0.25) is 0 Å². The molecule has 0 bridgehead atoms. The molecule has 0 fully saturated rings. The lowest BCUT2D eigenvalue weighted by molar-refractivity contribution is -0.439. The van der Waals surface area contributed by atoms with Gasteiger partial charge in [-0.05, 0) is 63.2 Å². The molecule has 0 atom stereocenters. The molecule has 2 aromatic carbocycles. The average Bonchev–Trinajstić information content (AvgIpc) is 3.29. The number of rotatable bonds is 9. The molecule has 5 rings (SSSR count). The van der Waals surface area contributed by atoms with E-state index in [1.54, 1.807) is 7.11 Å². The summed E-state index contributed by atoms with van der Waals surface area (Å²) in [6.45, 7) is 24.4. The van der Waals surface area contributed by atoms with Crippen molar-refractivity contribution in [2.24, 2.45) is 11.8 Å². The zero-order valence-electron chi connectivity index (χ0n) is 28.3. The highest BCUT2D eigenvalue weighted by molar-refractivity contribution is 6.24. The molecule has 4 heteroatoms. The van der Waals surface area contributed by atoms with E-state index in [9.17, 15) is 4.79 Å². The Bertz CT molecular complexity index is 1590. The molecule has 0 aromatic heterocycles. The molecular weight excluding hydrogens is 528 g/mol. The Morgan fingerprint density at radius 1 is 0.860 bits per heavy atom. The predicted molar refractivity (Wildman–Crippen MR) is 180 cm³/mol. The van der Waals surface area contributed by atoms with Gasteiger partial charge in [0.15, 0.2) is 5.71 Å². The minimum absolute atomic E-state index is 0.0661. The standard InChI is InChI=1S/C39H51N2O2/c1-24(2)18-20-40-32(38(7,8)30-16-12-14-26(5)34(30)40)22-28-36(42)29(37(28)43-11)23-33-39(9,10)31-17-13-15-27(6)35(31)41(33)21-19-25(3)4/h12-17,22-25H,18-21H2,1-11H3/q+1. The Hall–Kier alpha value is -3.40. The molecule has 0 saturated carbocycles. The molecule has 0 N–H and O–H groups in total. The van der Waals surface area contributed by atoms with E-state index in [0.29, 0.717) is 28.7 Å². The van der Waals surface area contributed by atoms with Crippen LogP contribution in [0.4, 0.5) is 11.4 Å². The van der Waals surface area contributed by atoms with Crippen molar-refractivity contribution in [1.29, 1.82) is 0 Å². The fraction of sp³-hybridized carbons (Fsp3) is 0.487. The number of Topliss-reactive ketones (excluding diaryl/α,β-unsaturated/α-hetero) is 1. The minimum Gasteiger partial charge on any atom is -0.495 e. The molecule has 2 heterocycles. The van der Waals surface area contributed by atoms with Gasteiger partial charge in [0, 0.05) is 47.0 Å². The molecule has 0 spiro atoms. The number of carbonyl (C=O) groups is 1. The van der Waals surface area contributed by atoms with E-state index in [4.69, 9.17) is 4.74 Å². The maximum Gasteiger partial charge on any atom is 0.212 e. The van der Waals surface area contributed by atoms with Gasteiger partial charge in [-0.25, -0.2) is 0 Å². The van der Waals surface area contributed by atoms with E-state index in [-0.39, 0.29) is 16.6 Å². The van der Waals surface area contributed by atoms with Crippen molar-refractivity contribution >= 4 is 22.9 Å². The van der Waals surface area contributed by atoms with Gasteiger partial charge in [0.1, 0.15) is 12.3 Å². The summed E-state index contributed by atoms with van der Waals surface area (Å²) in [5.41, 5.74) is 11.0. The van der Waals surface area contributed by atoms with Crippen molar-refractivity contribution in [2.45, 2.75) is 92.9 Å². The number of para-hydroxylation sites is 2. The number of aryl methyl sites for hydroxylation is 2. The monoisotopic (exact) mass is 579 g/mol. The van der Waals surface area contributed by atoms with Gasteiger partial charge < -0.3 is 9.64 Å². The first-order valence-corrected chi connectivity index (χ1v) is 16.1. The van der Waals surface area contributed by atoms with Gasteiger partial charge in [0.25, 0.3) is 0 Å². The fourth-order valence-corrected chi connectivity index (χ4v) is 7.18. The number of hydrogen-bond donors (Lipinski definition) is 0. The minimum atomic E-state index is -0.223. The third-order valence-electron chi connectivity index (χ3n) is 9.83. The lowest BCUT2D eigenvalue weighted by atomic mass is 9.77. The molecule has 0 saturated heterocycles. The van der Waals surface area contributed by atoms with Gasteiger partial charge in [0.05, 0.1) is 23.7 Å². The number of anilines is 1. The second kappa shape index (κ2) is 11.3. The lowest BCUT2D eigenvalue weighted by Gasteiger charge is -2.30. The van der Waals surface area contributed by atoms with E-state index in [2.05, 4.69) is 127 Å². The van der Waals surface area contributed by atoms with Crippen LogP contribution in [0, 0.1) is 25.7 Å². The largest absolute Gasteiger partial charge is 0.495 e. The first-order valence-electron chi connectivity index (χ1n) is 16.1. The zero-order valence-corrected chi connectivity index (χ0v) is 28.3. The summed E-state index contributed by atoms with van der Waals surface area (Å²) in [4.78, 5) is 16.5. The van der Waals surface area contributed by atoms with Gasteiger partial charge in [-0.15, -0.1) is 0 Å². The number of allylic oxidation sites excluding steroid dienone is 5. The molecule has 3 aliphatic rings. The molecule has 2 aliphatic heterocycles. The van der Waals surface area contributed by atoms with Crippen molar-refractivity contribution in [2.75, 3.05) is 25.1 Å². The molecule has 0 radical (unpaired) electrons. The van der Waals surface area contributed by atoms with Crippen molar-refractivity contribution < 1.29 is 14.1 Å². The summed E-state index contributed by atoms with van der Waals surface area (Å²) in [5, 5.41) is 0. The van der Waals surface area contributed by atoms with Crippen molar-refractivity contribution in [1.82, 2.24) is 0 Å². The van der Waals surface area contributed by atoms with Crippen LogP contribution in [0.5, 0.6) is 0 Å². The zero-order chi connectivity index (χ0) is 31.4. The highest BCUT2D eigenvalue weighted by Crippen LogP contribution is 2.51. The number of benzene rings is 2. The number of ketones is 1. The van der Waals surface area contributed by atoms with Crippen LogP contribution in [0.15, 0.2) is 71.2 Å². The van der Waals surface area contributed by atoms with Crippen molar-refractivity contribution in [3.05, 3.63) is 93.4 Å². The predicted octanol–water partition coefficient (Wildman–Crippen LogP) is 8.86. The summed E-state index contributed by atoms with van der Waals surface area (Å²) in [6.07, 6.45) is 6.41. The van der Waals surface area contributed by atoms with Crippen molar-refractivity contribution in [3.8, 4) is 0 Å². The summed E-state index contributed by atoms with van der Waals surface area (Å²) in [6, 6.07) is 13.2. The Labute approximate surface area is 259 Å². The van der Waals surface area contributed by atoms with Crippen LogP contribution in [0.25, 0.3) is 0 Å². The number of fused-ring (bicyclic) bond motifs is 2. The van der Waals surface area contributed by atoms with Gasteiger partial charge in [-0.1, -0.05) is 77.9 Å². The Morgan fingerprint density at radius 2 is 1.49 bits per heavy atom. The topological polar surface area (TPSA) is 32.5 Å². The highest BCUT2D eigenvalue weighted by atomic mass is 16.5. The third-order valence-corrected chi connectivity index (χ3v) is 9.83. The quantitative estimate of drug-likeness (QED) is 0.220. The highest BCUT2D eigenvalue weighted by Gasteiger charge is 2.48. The maximum absolute atomic E-state index is 14.1. The Kier molecular flexibility index (Phi) is 8.13. The summed E-state index contributed by atoms with van der Waals surface area (Å²) in [5.74, 6) is 1.94. The first-order chi connectivity index (χ1) is 20.2. The van der Waals surface area contributed by atoms with Gasteiger partial charge in [-0.2, -0.15) is 4.58 Å². The summed E-state index contributed by atoms with van der Waals surface area (Å²) < 4.78 is 8.46. The van der Waals surface area contributed by atoms with E-state index in [1.165, 1.54) is 45.0 Å². The molecule has 228 valence electrons. The number of nitrogens with zero attached hydrogens (tertiary/aromatic N) is 2. The molecule has 1 aliphatic carbocycles. The Balaban J connectivity index is 1.63. The molecule has 0 unspecified atom stereocenters. The van der Waals surface area contributed by atoms with Gasteiger partial charge in [0.2, 0.25) is 11.5 Å². The van der Waals surface area contributed by atoms with E-state index >= 15 is 0 Å². The van der Waals surface area contributed by atoms with Crippen LogP contribution in [0.1, 0.15) is 90.5 Å². The molecule has 4 nitrogen and oxygen atoms in total. The normalized spacial score (nSPS) is 20.6. The number of hydrogen-bond acceptors (Lipinski definition) is 3. The summed E-state index contributed by atoms with van der Waals surface area (Å²) >= 11 is 0. The summed E-state index contributed by atoms with van der Waals surface area (Å²) in [7, 11) is 1.70. The molecular formula is C39H51N2O2+. The molecule has 43 heavy (non-hydrogen) atoms. The van der Waals surface area contributed by atoms with E-state index in [0.717, 1.165) is 25.9 Å². The van der Waals surface area contributed by atoms with Crippen LogP contribution in [-0.2, 0) is 20.4 Å². The average molecular weight is 580 g/mol. The van der Waals surface area contributed by atoms with E-state index < -0.39 is 0 Å². The SMILES string of the molecule is COC1=C(/C=C2\N(CCC(C)C)c3c(C)cccc3C2(C)C)C(=O)/C1=C/C1=[N+](CCC(C)C)c2c(C)cccc2C1(C)C. The second-order valence-electron chi connectivity index (χ2n) is 14.6. The lowest BCUT2D eigenvalue weighted by Crippen LogP contribution is -2.33. The van der Waals surface area contributed by atoms with Crippen LogP contribution in [0.3, 0.4) is 0 Å². The Morgan fingerprint density at radius 3 is 2.12 bits per heavy atom. The number of methoxy groups -OCH3 is 1. The van der Waals surface area contributed by atoms with Gasteiger partial charge >= 0.3 is 0 Å². The third kappa shape index (κ3) is 5.11. The van der Waals surface area contributed by atoms with Crippen LogP contribution < -0.4 is 4.90 Å². The van der Waals surface area contributed by atoms with Crippen molar-refractivity contribution in [3.63, 3.8) is 0 Å². The second-order valence-corrected chi connectivity index (χ2v) is 14.6. The van der Waals surface area contributed by atoms with E-state index in [1.807, 2.05) is 0 Å². The van der Waals surface area contributed by atoms with Crippen LogP contribution in [-0.4, -0.2) is 36.3 Å². The maximum atomic E-state index is 14.1. The first kappa shape index (κ1) is 31.0. The van der Waals surface area contributed by atoms with Gasteiger partial charge in [-0.3, -0.25) is 4.79 Å². The number of carbonyl (C=O) groups excluding carboxylic acids is 1. The molecule has 0 amide bonds. The number of ether oxygens (including phenoxy) is 1. The fourth-order valence-electron chi connectivity index (χ4n) is 7.18. The smallest absolute Gasteiger partial charge is 0.212 e. The van der Waals surface area contributed by atoms with Crippen LogP contribution >= 0.6 is 0 Å². The molecule has 2 aromatic rings.